The average Bonchev–Trinajstić information content (AvgIpc) is 3.17. The van der Waals surface area contributed by atoms with Crippen LogP contribution in [0, 0.1) is 5.92 Å². The van der Waals surface area contributed by atoms with Gasteiger partial charge in [-0.15, -0.1) is 11.3 Å². The molecule has 0 bridgehead atoms. The number of amides is 1. The molecule has 0 unspecified atom stereocenters. The van der Waals surface area contributed by atoms with Crippen LogP contribution in [0.3, 0.4) is 0 Å². The Morgan fingerprint density at radius 1 is 1.23 bits per heavy atom. The molecule has 1 aliphatic rings. The van der Waals surface area contributed by atoms with E-state index in [0.29, 0.717) is 29.5 Å². The van der Waals surface area contributed by atoms with Crippen molar-refractivity contribution in [2.75, 3.05) is 18.4 Å². The number of sulfonamides is 1. The van der Waals surface area contributed by atoms with Crippen LogP contribution in [0.1, 0.15) is 38.2 Å². The number of nitrogens with zero attached hydrogens (tertiary/aromatic N) is 1. The monoisotopic (exact) mass is 392 g/mol. The first-order chi connectivity index (χ1) is 12.4. The largest absolute Gasteiger partial charge is 0.326 e. The van der Waals surface area contributed by atoms with Gasteiger partial charge in [0.05, 0.1) is 5.92 Å². The van der Waals surface area contributed by atoms with E-state index in [9.17, 15) is 13.2 Å². The van der Waals surface area contributed by atoms with Crippen LogP contribution < -0.4 is 5.32 Å². The molecule has 1 aromatic carbocycles. The molecule has 5 nitrogen and oxygen atoms in total. The molecule has 1 amide bonds. The lowest BCUT2D eigenvalue weighted by Crippen LogP contribution is -2.43. The van der Waals surface area contributed by atoms with Gasteiger partial charge in [0.25, 0.3) is 10.0 Å². The predicted octanol–water partition coefficient (Wildman–Crippen LogP) is 3.91. The molecule has 1 saturated heterocycles. The van der Waals surface area contributed by atoms with Crippen molar-refractivity contribution in [1.82, 2.24) is 4.31 Å². The molecule has 1 fully saturated rings. The van der Waals surface area contributed by atoms with E-state index in [1.165, 1.54) is 15.6 Å². The Morgan fingerprint density at radius 2 is 2.00 bits per heavy atom. The van der Waals surface area contributed by atoms with E-state index in [2.05, 4.69) is 19.2 Å². The Bertz CT molecular complexity index is 861. The van der Waals surface area contributed by atoms with Crippen molar-refractivity contribution >= 4 is 33.0 Å². The van der Waals surface area contributed by atoms with Crippen LogP contribution in [0.2, 0.25) is 0 Å². The number of piperidine rings is 1. The van der Waals surface area contributed by atoms with Gasteiger partial charge in [0.15, 0.2) is 0 Å². The van der Waals surface area contributed by atoms with Crippen LogP contribution in [-0.4, -0.2) is 31.7 Å². The van der Waals surface area contributed by atoms with Crippen molar-refractivity contribution in [3.8, 4) is 0 Å². The minimum atomic E-state index is -3.51. The third kappa shape index (κ3) is 4.00. The van der Waals surface area contributed by atoms with Gasteiger partial charge >= 0.3 is 0 Å². The SMILES string of the molecule is CC(C)c1ccccc1NC(=O)[C@@H]1CCCN(S(=O)(=O)c2cccs2)C1. The quantitative estimate of drug-likeness (QED) is 0.839. The summed E-state index contributed by atoms with van der Waals surface area (Å²) >= 11 is 1.21. The summed E-state index contributed by atoms with van der Waals surface area (Å²) in [6.07, 6.45) is 1.39. The Labute approximate surface area is 159 Å². The Hall–Kier alpha value is -1.70. The van der Waals surface area contributed by atoms with Crippen LogP contribution in [0.4, 0.5) is 5.69 Å². The van der Waals surface area contributed by atoms with Crippen molar-refractivity contribution < 1.29 is 13.2 Å². The first-order valence-corrected chi connectivity index (χ1v) is 11.1. The van der Waals surface area contributed by atoms with Crippen molar-refractivity contribution in [3.05, 3.63) is 47.3 Å². The predicted molar refractivity (Wildman–Crippen MR) is 105 cm³/mol. The summed E-state index contributed by atoms with van der Waals surface area (Å²) in [4.78, 5) is 12.8. The first kappa shape index (κ1) is 19.1. The Kier molecular flexibility index (Phi) is 5.79. The molecular formula is C19H24N2O3S2. The fourth-order valence-corrected chi connectivity index (χ4v) is 5.93. The van der Waals surface area contributed by atoms with Gasteiger partial charge in [-0.3, -0.25) is 4.79 Å². The molecule has 1 aliphatic heterocycles. The number of rotatable bonds is 5. The summed E-state index contributed by atoms with van der Waals surface area (Å²) in [6.45, 7) is 4.87. The number of benzene rings is 1. The van der Waals surface area contributed by atoms with Crippen LogP contribution in [0.25, 0.3) is 0 Å². The molecule has 1 aromatic heterocycles. The summed E-state index contributed by atoms with van der Waals surface area (Å²) in [5, 5.41) is 4.76. The molecule has 140 valence electrons. The lowest BCUT2D eigenvalue weighted by Gasteiger charge is -2.31. The fourth-order valence-electron chi connectivity index (χ4n) is 3.26. The van der Waals surface area contributed by atoms with Crippen molar-refractivity contribution in [1.29, 1.82) is 0 Å². The smallest absolute Gasteiger partial charge is 0.252 e. The van der Waals surface area contributed by atoms with Gasteiger partial charge in [-0.05, 0) is 41.8 Å². The molecule has 2 heterocycles. The number of carbonyl (C=O) groups is 1. The van der Waals surface area contributed by atoms with Crippen molar-refractivity contribution in [3.63, 3.8) is 0 Å². The van der Waals surface area contributed by atoms with E-state index in [4.69, 9.17) is 0 Å². The topological polar surface area (TPSA) is 66.5 Å². The highest BCUT2D eigenvalue weighted by molar-refractivity contribution is 7.91. The summed E-state index contributed by atoms with van der Waals surface area (Å²) in [5.41, 5.74) is 1.89. The summed E-state index contributed by atoms with van der Waals surface area (Å²) in [5.74, 6) is -0.142. The Balaban J connectivity index is 1.73. The van der Waals surface area contributed by atoms with Gasteiger partial charge in [-0.1, -0.05) is 38.1 Å². The molecule has 3 rings (SSSR count). The van der Waals surface area contributed by atoms with E-state index in [1.54, 1.807) is 17.5 Å². The summed E-state index contributed by atoms with van der Waals surface area (Å²) < 4.78 is 27.2. The number of para-hydroxylation sites is 1. The van der Waals surface area contributed by atoms with Crippen LogP contribution in [0.15, 0.2) is 46.0 Å². The lowest BCUT2D eigenvalue weighted by molar-refractivity contribution is -0.120. The van der Waals surface area contributed by atoms with Gasteiger partial charge in [0.2, 0.25) is 5.91 Å². The van der Waals surface area contributed by atoms with E-state index < -0.39 is 10.0 Å². The summed E-state index contributed by atoms with van der Waals surface area (Å²) in [6, 6.07) is 11.1. The Morgan fingerprint density at radius 3 is 2.69 bits per heavy atom. The third-order valence-electron chi connectivity index (χ3n) is 4.68. The molecule has 7 heteroatoms. The van der Waals surface area contributed by atoms with Crippen molar-refractivity contribution in [2.24, 2.45) is 5.92 Å². The van der Waals surface area contributed by atoms with E-state index >= 15 is 0 Å². The maximum atomic E-state index is 12.8. The van der Waals surface area contributed by atoms with Crippen LogP contribution in [0.5, 0.6) is 0 Å². The second-order valence-electron chi connectivity index (χ2n) is 6.87. The minimum absolute atomic E-state index is 0.107. The first-order valence-electron chi connectivity index (χ1n) is 8.83. The maximum absolute atomic E-state index is 12.8. The number of carbonyl (C=O) groups excluding carboxylic acids is 1. The van der Waals surface area contributed by atoms with Gasteiger partial charge in [0.1, 0.15) is 4.21 Å². The number of hydrogen-bond donors (Lipinski definition) is 1. The lowest BCUT2D eigenvalue weighted by atomic mass is 9.97. The second-order valence-corrected chi connectivity index (χ2v) is 9.98. The van der Waals surface area contributed by atoms with Crippen LogP contribution in [-0.2, 0) is 14.8 Å². The van der Waals surface area contributed by atoms with Gasteiger partial charge in [-0.2, -0.15) is 4.31 Å². The second kappa shape index (κ2) is 7.90. The van der Waals surface area contributed by atoms with Crippen molar-refractivity contribution in [2.45, 2.75) is 36.8 Å². The van der Waals surface area contributed by atoms with Crippen LogP contribution >= 0.6 is 11.3 Å². The molecule has 0 saturated carbocycles. The molecule has 0 spiro atoms. The molecule has 0 aliphatic carbocycles. The molecule has 2 aromatic rings. The fraction of sp³-hybridized carbons (Fsp3) is 0.421. The number of hydrogen-bond acceptors (Lipinski definition) is 4. The zero-order valence-corrected chi connectivity index (χ0v) is 16.6. The molecular weight excluding hydrogens is 368 g/mol. The minimum Gasteiger partial charge on any atom is -0.326 e. The molecule has 26 heavy (non-hydrogen) atoms. The zero-order chi connectivity index (χ0) is 18.7. The van der Waals surface area contributed by atoms with E-state index in [-0.39, 0.29) is 18.4 Å². The highest BCUT2D eigenvalue weighted by Crippen LogP contribution is 2.28. The van der Waals surface area contributed by atoms with Gasteiger partial charge in [0, 0.05) is 18.8 Å². The highest BCUT2D eigenvalue weighted by Gasteiger charge is 2.34. The number of nitrogens with one attached hydrogen (secondary N) is 1. The summed E-state index contributed by atoms with van der Waals surface area (Å²) in [7, 11) is -3.51. The number of anilines is 1. The highest BCUT2D eigenvalue weighted by atomic mass is 32.2. The number of thiophene rings is 1. The maximum Gasteiger partial charge on any atom is 0.252 e. The normalized spacial score (nSPS) is 18.8. The van der Waals surface area contributed by atoms with Gasteiger partial charge in [-0.25, -0.2) is 8.42 Å². The van der Waals surface area contributed by atoms with E-state index in [0.717, 1.165) is 11.3 Å². The van der Waals surface area contributed by atoms with E-state index in [1.807, 2.05) is 24.3 Å². The third-order valence-corrected chi connectivity index (χ3v) is 7.92. The molecule has 1 atom stereocenters. The van der Waals surface area contributed by atoms with Gasteiger partial charge < -0.3 is 5.32 Å². The molecule has 1 N–H and O–H groups in total. The molecule has 0 radical (unpaired) electrons. The standard InChI is InChI=1S/C19H24N2O3S2/c1-14(2)16-8-3-4-9-17(16)20-19(22)15-7-5-11-21(13-15)26(23,24)18-10-6-12-25-18/h3-4,6,8-10,12,14-15H,5,7,11,13H2,1-2H3,(H,20,22)/t15-/m1/s1. The average molecular weight is 393 g/mol. The zero-order valence-electron chi connectivity index (χ0n) is 15.0.